The van der Waals surface area contributed by atoms with Crippen LogP contribution in [0.15, 0.2) is 54.7 Å². The summed E-state index contributed by atoms with van der Waals surface area (Å²) < 4.78 is 15.4. The number of halogens is 1. The van der Waals surface area contributed by atoms with Crippen molar-refractivity contribution >= 4 is 17.5 Å². The summed E-state index contributed by atoms with van der Waals surface area (Å²) in [4.78, 5) is 27.0. The van der Waals surface area contributed by atoms with E-state index in [0.29, 0.717) is 11.3 Å². The lowest BCUT2D eigenvalue weighted by atomic mass is 10.2. The van der Waals surface area contributed by atoms with Crippen molar-refractivity contribution in [1.82, 2.24) is 20.6 Å². The first-order valence-electron chi connectivity index (χ1n) is 9.71. The predicted molar refractivity (Wildman–Crippen MR) is 113 cm³/mol. The molecule has 156 valence electrons. The Labute approximate surface area is 174 Å². The summed E-state index contributed by atoms with van der Waals surface area (Å²) >= 11 is 0. The van der Waals surface area contributed by atoms with Gasteiger partial charge in [0, 0.05) is 24.3 Å². The van der Waals surface area contributed by atoms with Crippen LogP contribution in [0.1, 0.15) is 40.3 Å². The topological polar surface area (TPSA) is 79.3 Å². The number of aromatic nitrogens is 2. The lowest BCUT2D eigenvalue weighted by Crippen LogP contribution is -2.41. The molecule has 0 aliphatic carbocycles. The Hall–Kier alpha value is -3.68. The zero-order valence-corrected chi connectivity index (χ0v) is 17.1. The van der Waals surface area contributed by atoms with E-state index in [4.69, 9.17) is 0 Å². The maximum Gasteiger partial charge on any atom is 0.273 e. The van der Waals surface area contributed by atoms with Crippen molar-refractivity contribution in [2.45, 2.75) is 20.8 Å². The van der Waals surface area contributed by atoms with Gasteiger partial charge in [0.2, 0.25) is 0 Å². The van der Waals surface area contributed by atoms with Crippen LogP contribution >= 0.6 is 0 Å². The van der Waals surface area contributed by atoms with Gasteiger partial charge in [-0.15, -0.1) is 0 Å². The monoisotopic (exact) mass is 409 g/mol. The molecular formula is C22H24FN5O2. The number of hydrazine groups is 1. The van der Waals surface area contributed by atoms with Gasteiger partial charge in [0.15, 0.2) is 0 Å². The molecule has 30 heavy (non-hydrogen) atoms. The van der Waals surface area contributed by atoms with E-state index in [1.807, 2.05) is 12.1 Å². The molecule has 0 atom stereocenters. The van der Waals surface area contributed by atoms with E-state index < -0.39 is 17.6 Å². The van der Waals surface area contributed by atoms with Crippen LogP contribution in [0.3, 0.4) is 0 Å². The van der Waals surface area contributed by atoms with Gasteiger partial charge >= 0.3 is 0 Å². The zero-order valence-electron chi connectivity index (χ0n) is 17.1. The lowest BCUT2D eigenvalue weighted by molar-refractivity contribution is 0.0846. The highest BCUT2D eigenvalue weighted by Crippen LogP contribution is 2.17. The Kier molecular flexibility index (Phi) is 6.46. The van der Waals surface area contributed by atoms with Crippen molar-refractivity contribution in [3.8, 4) is 5.69 Å². The predicted octanol–water partition coefficient (Wildman–Crippen LogP) is 3.24. The number of carbonyl (C=O) groups excluding carboxylic acids is 2. The molecule has 0 spiro atoms. The summed E-state index contributed by atoms with van der Waals surface area (Å²) in [5, 5.41) is 4.09. The summed E-state index contributed by atoms with van der Waals surface area (Å²) in [6, 6.07) is 13.3. The van der Waals surface area contributed by atoms with Crippen LogP contribution < -0.4 is 15.8 Å². The Morgan fingerprint density at radius 2 is 1.63 bits per heavy atom. The van der Waals surface area contributed by atoms with Crippen molar-refractivity contribution in [3.63, 3.8) is 0 Å². The minimum atomic E-state index is -0.539. The molecule has 0 saturated carbocycles. The molecular weight excluding hydrogens is 385 g/mol. The van der Waals surface area contributed by atoms with E-state index in [0.717, 1.165) is 18.8 Å². The molecule has 3 aromatic rings. The van der Waals surface area contributed by atoms with Crippen LogP contribution in [0.2, 0.25) is 0 Å². The first-order valence-corrected chi connectivity index (χ1v) is 9.71. The SMILES string of the molecule is CCN(CC)c1ccc(C(=O)NNC(=O)c2cnn(-c3ccccc3F)c2C)cc1. The van der Waals surface area contributed by atoms with Crippen molar-refractivity contribution in [1.29, 1.82) is 0 Å². The minimum absolute atomic E-state index is 0.232. The van der Waals surface area contributed by atoms with Crippen LogP contribution in [0, 0.1) is 12.7 Å². The molecule has 0 bridgehead atoms. The molecule has 7 nitrogen and oxygen atoms in total. The second-order valence-electron chi connectivity index (χ2n) is 6.63. The fraction of sp³-hybridized carbons (Fsp3) is 0.227. The van der Waals surface area contributed by atoms with Gasteiger partial charge in [-0.2, -0.15) is 5.10 Å². The quantitative estimate of drug-likeness (QED) is 0.613. The second-order valence-corrected chi connectivity index (χ2v) is 6.63. The van der Waals surface area contributed by atoms with Gasteiger partial charge in [0.05, 0.1) is 17.5 Å². The van der Waals surface area contributed by atoms with E-state index in [1.165, 1.54) is 16.9 Å². The minimum Gasteiger partial charge on any atom is -0.372 e. The highest BCUT2D eigenvalue weighted by atomic mass is 19.1. The average molecular weight is 409 g/mol. The van der Waals surface area contributed by atoms with Crippen LogP contribution in [0.5, 0.6) is 0 Å². The smallest absolute Gasteiger partial charge is 0.273 e. The van der Waals surface area contributed by atoms with Gasteiger partial charge in [-0.3, -0.25) is 20.4 Å². The Bertz CT molecular complexity index is 1040. The van der Waals surface area contributed by atoms with Gasteiger partial charge < -0.3 is 4.90 Å². The van der Waals surface area contributed by atoms with E-state index in [9.17, 15) is 14.0 Å². The molecule has 0 radical (unpaired) electrons. The summed E-state index contributed by atoms with van der Waals surface area (Å²) in [5.41, 5.74) is 7.15. The highest BCUT2D eigenvalue weighted by Gasteiger charge is 2.17. The lowest BCUT2D eigenvalue weighted by Gasteiger charge is -2.21. The summed E-state index contributed by atoms with van der Waals surface area (Å²) in [7, 11) is 0. The molecule has 2 amide bonds. The fourth-order valence-corrected chi connectivity index (χ4v) is 3.16. The average Bonchev–Trinajstić information content (AvgIpc) is 3.14. The summed E-state index contributed by atoms with van der Waals surface area (Å²) in [6.45, 7) is 7.53. The van der Waals surface area contributed by atoms with Gasteiger partial charge in [0.25, 0.3) is 11.8 Å². The van der Waals surface area contributed by atoms with E-state index in [1.54, 1.807) is 37.3 Å². The number of nitrogens with one attached hydrogen (secondary N) is 2. The normalized spacial score (nSPS) is 10.5. The van der Waals surface area contributed by atoms with Gasteiger partial charge in [-0.25, -0.2) is 9.07 Å². The number of rotatable bonds is 6. The Morgan fingerprint density at radius 3 is 2.27 bits per heavy atom. The molecule has 1 aromatic heterocycles. The van der Waals surface area contributed by atoms with Crippen molar-refractivity contribution in [2.24, 2.45) is 0 Å². The summed E-state index contributed by atoms with van der Waals surface area (Å²) in [5.74, 6) is -1.42. The second kappa shape index (κ2) is 9.21. The largest absolute Gasteiger partial charge is 0.372 e. The highest BCUT2D eigenvalue weighted by molar-refractivity contribution is 5.99. The third-order valence-electron chi connectivity index (χ3n) is 4.88. The van der Waals surface area contributed by atoms with E-state index in [2.05, 4.69) is 34.7 Å². The van der Waals surface area contributed by atoms with E-state index in [-0.39, 0.29) is 11.3 Å². The molecule has 0 aliphatic rings. The molecule has 1 heterocycles. The third kappa shape index (κ3) is 4.32. The molecule has 2 N–H and O–H groups in total. The van der Waals surface area contributed by atoms with Gasteiger partial charge in [-0.05, 0) is 57.2 Å². The zero-order chi connectivity index (χ0) is 21.7. The number of para-hydroxylation sites is 1. The number of benzene rings is 2. The van der Waals surface area contributed by atoms with Crippen molar-refractivity contribution < 1.29 is 14.0 Å². The maximum atomic E-state index is 14.0. The number of hydrogen-bond donors (Lipinski definition) is 2. The van der Waals surface area contributed by atoms with Gasteiger partial charge in [-0.1, -0.05) is 12.1 Å². The molecule has 0 saturated heterocycles. The number of hydrogen-bond acceptors (Lipinski definition) is 4. The standard InChI is InChI=1S/C22H24FN5O2/c1-4-27(5-2)17-12-10-16(11-13-17)21(29)25-26-22(30)18-14-24-28(15(18)3)20-9-7-6-8-19(20)23/h6-14H,4-5H2,1-3H3,(H,25,29)(H,26,30). The Balaban J connectivity index is 1.66. The van der Waals surface area contributed by atoms with E-state index >= 15 is 0 Å². The number of anilines is 1. The van der Waals surface area contributed by atoms with Crippen molar-refractivity contribution in [2.75, 3.05) is 18.0 Å². The maximum absolute atomic E-state index is 14.0. The molecule has 8 heteroatoms. The molecule has 0 aliphatic heterocycles. The number of carbonyl (C=O) groups is 2. The first-order chi connectivity index (χ1) is 14.5. The summed E-state index contributed by atoms with van der Waals surface area (Å²) in [6.07, 6.45) is 1.34. The van der Waals surface area contributed by atoms with Crippen molar-refractivity contribution in [3.05, 3.63) is 77.4 Å². The van der Waals surface area contributed by atoms with Crippen LogP contribution in [-0.2, 0) is 0 Å². The van der Waals surface area contributed by atoms with Crippen LogP contribution in [0.4, 0.5) is 10.1 Å². The molecule has 0 fully saturated rings. The molecule has 2 aromatic carbocycles. The van der Waals surface area contributed by atoms with Crippen LogP contribution in [-0.4, -0.2) is 34.7 Å². The first kappa shape index (κ1) is 21.0. The number of nitrogens with zero attached hydrogens (tertiary/aromatic N) is 3. The third-order valence-corrected chi connectivity index (χ3v) is 4.88. The van der Waals surface area contributed by atoms with Crippen LogP contribution in [0.25, 0.3) is 5.69 Å². The molecule has 3 rings (SSSR count). The molecule has 0 unspecified atom stereocenters. The van der Waals surface area contributed by atoms with Gasteiger partial charge in [0.1, 0.15) is 11.5 Å². The fourth-order valence-electron chi connectivity index (χ4n) is 3.16. The Morgan fingerprint density at radius 1 is 1.00 bits per heavy atom. The number of amides is 2.